The second kappa shape index (κ2) is 6.49. The van der Waals surface area contributed by atoms with Crippen molar-refractivity contribution >= 4 is 0 Å². The van der Waals surface area contributed by atoms with Gasteiger partial charge >= 0.3 is 0 Å². The van der Waals surface area contributed by atoms with E-state index in [1.54, 1.807) is 0 Å². The number of aliphatic hydroxyl groups is 1. The first-order valence-corrected chi connectivity index (χ1v) is 6.25. The third-order valence-electron chi connectivity index (χ3n) is 3.31. The van der Waals surface area contributed by atoms with Crippen LogP contribution in [0.3, 0.4) is 0 Å². The van der Waals surface area contributed by atoms with Gasteiger partial charge in [-0.15, -0.1) is 0 Å². The summed E-state index contributed by atoms with van der Waals surface area (Å²) in [5.41, 5.74) is -0.583. The molecule has 0 amide bonds. The van der Waals surface area contributed by atoms with Crippen LogP contribution in [-0.4, -0.2) is 23.3 Å². The van der Waals surface area contributed by atoms with Gasteiger partial charge in [0.05, 0.1) is 5.60 Å². The summed E-state index contributed by atoms with van der Waals surface area (Å²) in [6.07, 6.45) is 2.18. The molecule has 15 heavy (non-hydrogen) atoms. The lowest BCUT2D eigenvalue weighted by Gasteiger charge is -2.31. The van der Waals surface area contributed by atoms with Gasteiger partial charge in [-0.05, 0) is 32.1 Å². The molecule has 2 nitrogen and oxygen atoms in total. The van der Waals surface area contributed by atoms with E-state index in [0.29, 0.717) is 24.4 Å². The molecular weight excluding hydrogens is 186 g/mol. The summed E-state index contributed by atoms with van der Waals surface area (Å²) < 4.78 is 0. The Bertz CT molecular complexity index is 166. The maximum Gasteiger partial charge on any atom is 0.0768 e. The molecule has 2 heteroatoms. The van der Waals surface area contributed by atoms with Crippen LogP contribution >= 0.6 is 0 Å². The zero-order valence-corrected chi connectivity index (χ0v) is 11.3. The first-order valence-electron chi connectivity index (χ1n) is 6.25. The van der Waals surface area contributed by atoms with Crippen LogP contribution in [0.15, 0.2) is 0 Å². The minimum Gasteiger partial charge on any atom is -0.389 e. The molecule has 0 spiro atoms. The molecular formula is C13H29NO. The number of hydrogen-bond acceptors (Lipinski definition) is 2. The summed E-state index contributed by atoms with van der Waals surface area (Å²) in [4.78, 5) is 0. The molecule has 0 fully saturated rings. The van der Waals surface area contributed by atoms with Crippen molar-refractivity contribution < 1.29 is 5.11 Å². The summed E-state index contributed by atoms with van der Waals surface area (Å²) in [6, 6.07) is 0.487. The second-order valence-corrected chi connectivity index (χ2v) is 5.58. The fourth-order valence-corrected chi connectivity index (χ4v) is 1.79. The Labute approximate surface area is 95.5 Å². The summed E-state index contributed by atoms with van der Waals surface area (Å²) in [5, 5.41) is 13.6. The van der Waals surface area contributed by atoms with Gasteiger partial charge in [0.2, 0.25) is 0 Å². The minimum atomic E-state index is -0.583. The van der Waals surface area contributed by atoms with Crippen LogP contribution in [0.1, 0.15) is 54.4 Å². The zero-order valence-electron chi connectivity index (χ0n) is 11.3. The van der Waals surface area contributed by atoms with Crippen molar-refractivity contribution in [3.05, 3.63) is 0 Å². The highest BCUT2D eigenvalue weighted by Crippen LogP contribution is 2.19. The predicted octanol–water partition coefficient (Wildman–Crippen LogP) is 2.81. The van der Waals surface area contributed by atoms with Crippen LogP contribution in [0.4, 0.5) is 0 Å². The fraction of sp³-hybridized carbons (Fsp3) is 1.00. The quantitative estimate of drug-likeness (QED) is 0.684. The molecule has 92 valence electrons. The Kier molecular flexibility index (Phi) is 6.46. The highest BCUT2D eigenvalue weighted by atomic mass is 16.3. The standard InChI is InChI=1S/C13H29NO/c1-7-11(4)13(6,15)9-14-12(5)8-10(2)3/h10-12,14-15H,7-9H2,1-6H3. The van der Waals surface area contributed by atoms with Crippen LogP contribution in [0.25, 0.3) is 0 Å². The molecule has 0 bridgehead atoms. The largest absolute Gasteiger partial charge is 0.389 e. The van der Waals surface area contributed by atoms with E-state index in [9.17, 15) is 5.11 Å². The van der Waals surface area contributed by atoms with E-state index in [0.717, 1.165) is 12.8 Å². The minimum absolute atomic E-state index is 0.344. The Morgan fingerprint density at radius 3 is 2.13 bits per heavy atom. The average molecular weight is 215 g/mol. The first kappa shape index (κ1) is 14.9. The molecule has 3 atom stereocenters. The van der Waals surface area contributed by atoms with Gasteiger partial charge in [0.1, 0.15) is 0 Å². The van der Waals surface area contributed by atoms with Crippen molar-refractivity contribution in [1.82, 2.24) is 5.32 Å². The monoisotopic (exact) mass is 215 g/mol. The summed E-state index contributed by atoms with van der Waals surface area (Å²) in [5.74, 6) is 1.05. The lowest BCUT2D eigenvalue weighted by Crippen LogP contribution is -2.46. The zero-order chi connectivity index (χ0) is 12.1. The van der Waals surface area contributed by atoms with Gasteiger partial charge in [0, 0.05) is 12.6 Å². The van der Waals surface area contributed by atoms with Gasteiger partial charge in [0.15, 0.2) is 0 Å². The second-order valence-electron chi connectivity index (χ2n) is 5.58. The predicted molar refractivity (Wildman–Crippen MR) is 67.0 cm³/mol. The molecule has 0 aromatic heterocycles. The van der Waals surface area contributed by atoms with E-state index in [2.05, 4.69) is 39.9 Å². The van der Waals surface area contributed by atoms with E-state index >= 15 is 0 Å². The molecule has 3 unspecified atom stereocenters. The van der Waals surface area contributed by atoms with Crippen LogP contribution in [0.5, 0.6) is 0 Å². The van der Waals surface area contributed by atoms with E-state index in [1.165, 1.54) is 0 Å². The average Bonchev–Trinajstić information content (AvgIpc) is 2.12. The molecule has 2 N–H and O–H groups in total. The Morgan fingerprint density at radius 1 is 1.20 bits per heavy atom. The van der Waals surface area contributed by atoms with Crippen molar-refractivity contribution in [1.29, 1.82) is 0 Å². The first-order chi connectivity index (χ1) is 6.79. The highest BCUT2D eigenvalue weighted by molar-refractivity contribution is 4.82. The van der Waals surface area contributed by atoms with E-state index in [-0.39, 0.29) is 0 Å². The maximum absolute atomic E-state index is 10.2. The normalized spacial score (nSPS) is 20.0. The van der Waals surface area contributed by atoms with Crippen molar-refractivity contribution in [2.24, 2.45) is 11.8 Å². The van der Waals surface area contributed by atoms with Gasteiger partial charge in [-0.2, -0.15) is 0 Å². The SMILES string of the molecule is CCC(C)C(C)(O)CNC(C)CC(C)C. The molecule has 0 rings (SSSR count). The Hall–Kier alpha value is -0.0800. The molecule has 0 saturated carbocycles. The number of hydrogen-bond donors (Lipinski definition) is 2. The lowest BCUT2D eigenvalue weighted by atomic mass is 9.88. The van der Waals surface area contributed by atoms with E-state index in [4.69, 9.17) is 0 Å². The van der Waals surface area contributed by atoms with Crippen LogP contribution in [-0.2, 0) is 0 Å². The van der Waals surface area contributed by atoms with Gasteiger partial charge in [-0.3, -0.25) is 0 Å². The Balaban J connectivity index is 3.92. The molecule has 0 aliphatic carbocycles. The van der Waals surface area contributed by atoms with Crippen molar-refractivity contribution in [3.63, 3.8) is 0 Å². The summed E-state index contributed by atoms with van der Waals surface area (Å²) in [6.45, 7) is 13.5. The smallest absolute Gasteiger partial charge is 0.0768 e. The third-order valence-corrected chi connectivity index (χ3v) is 3.31. The molecule has 0 aliphatic heterocycles. The van der Waals surface area contributed by atoms with E-state index in [1.807, 2.05) is 6.92 Å². The molecule has 0 aromatic carbocycles. The summed E-state index contributed by atoms with van der Waals surface area (Å²) >= 11 is 0. The van der Waals surface area contributed by atoms with Gasteiger partial charge in [-0.1, -0.05) is 34.1 Å². The third kappa shape index (κ3) is 6.16. The topological polar surface area (TPSA) is 32.3 Å². The number of rotatable bonds is 7. The lowest BCUT2D eigenvalue weighted by molar-refractivity contribution is 0.00323. The maximum atomic E-state index is 10.2. The van der Waals surface area contributed by atoms with Gasteiger partial charge in [0.25, 0.3) is 0 Å². The van der Waals surface area contributed by atoms with Crippen molar-refractivity contribution in [2.75, 3.05) is 6.54 Å². The van der Waals surface area contributed by atoms with Crippen molar-refractivity contribution in [2.45, 2.75) is 66.0 Å². The summed E-state index contributed by atoms with van der Waals surface area (Å²) in [7, 11) is 0. The van der Waals surface area contributed by atoms with E-state index < -0.39 is 5.60 Å². The van der Waals surface area contributed by atoms with Gasteiger partial charge < -0.3 is 10.4 Å². The molecule has 0 aliphatic rings. The van der Waals surface area contributed by atoms with Crippen LogP contribution in [0.2, 0.25) is 0 Å². The molecule has 0 heterocycles. The Morgan fingerprint density at radius 2 is 1.73 bits per heavy atom. The number of nitrogens with one attached hydrogen (secondary N) is 1. The van der Waals surface area contributed by atoms with Gasteiger partial charge in [-0.25, -0.2) is 0 Å². The van der Waals surface area contributed by atoms with Crippen molar-refractivity contribution in [3.8, 4) is 0 Å². The van der Waals surface area contributed by atoms with Crippen LogP contribution < -0.4 is 5.32 Å². The molecule has 0 radical (unpaired) electrons. The molecule has 0 saturated heterocycles. The highest BCUT2D eigenvalue weighted by Gasteiger charge is 2.26. The molecule has 0 aromatic rings. The van der Waals surface area contributed by atoms with Crippen LogP contribution in [0, 0.1) is 11.8 Å². The fourth-order valence-electron chi connectivity index (χ4n) is 1.79.